The highest BCUT2D eigenvalue weighted by Crippen LogP contribution is 2.21. The predicted molar refractivity (Wildman–Crippen MR) is 78.6 cm³/mol. The van der Waals surface area contributed by atoms with Crippen molar-refractivity contribution >= 4 is 11.8 Å². The third-order valence-electron chi connectivity index (χ3n) is 4.27. The summed E-state index contributed by atoms with van der Waals surface area (Å²) in [5, 5.41) is 2.76. The van der Waals surface area contributed by atoms with Crippen molar-refractivity contribution in [3.05, 3.63) is 24.1 Å². The lowest BCUT2D eigenvalue weighted by molar-refractivity contribution is 0.186. The van der Waals surface area contributed by atoms with Crippen molar-refractivity contribution in [2.24, 2.45) is 0 Å². The number of nitrogens with one attached hydrogen (secondary N) is 1. The number of pyridine rings is 1. The molecule has 2 aliphatic rings. The molecule has 3 rings (SSSR count). The fraction of sp³-hybridized carbons (Fsp3) is 0.600. The second-order valence-electron chi connectivity index (χ2n) is 5.79. The molecule has 5 nitrogen and oxygen atoms in total. The van der Waals surface area contributed by atoms with Gasteiger partial charge in [-0.25, -0.2) is 14.2 Å². The van der Waals surface area contributed by atoms with Gasteiger partial charge in [0.15, 0.2) is 0 Å². The SMILES string of the molecule is O=C(Nc1ccc(F)cn1)N1CCCC1CN1CCCC1. The van der Waals surface area contributed by atoms with Crippen LogP contribution in [-0.4, -0.2) is 53.0 Å². The van der Waals surface area contributed by atoms with Crippen molar-refractivity contribution in [3.8, 4) is 0 Å². The summed E-state index contributed by atoms with van der Waals surface area (Å²) in [6.45, 7) is 4.03. The van der Waals surface area contributed by atoms with E-state index in [1.54, 1.807) is 0 Å². The van der Waals surface area contributed by atoms with Crippen molar-refractivity contribution in [3.63, 3.8) is 0 Å². The molecule has 6 heteroatoms. The van der Waals surface area contributed by atoms with E-state index in [4.69, 9.17) is 0 Å². The molecule has 0 aromatic carbocycles. The molecule has 0 aliphatic carbocycles. The van der Waals surface area contributed by atoms with Crippen LogP contribution in [0.15, 0.2) is 18.3 Å². The van der Waals surface area contributed by atoms with E-state index in [0.717, 1.165) is 45.2 Å². The van der Waals surface area contributed by atoms with E-state index >= 15 is 0 Å². The third kappa shape index (κ3) is 3.50. The first kappa shape index (κ1) is 14.3. The monoisotopic (exact) mass is 292 g/mol. The lowest BCUT2D eigenvalue weighted by atomic mass is 10.2. The van der Waals surface area contributed by atoms with Crippen LogP contribution in [0, 0.1) is 5.82 Å². The van der Waals surface area contributed by atoms with Gasteiger partial charge in [0.05, 0.1) is 6.20 Å². The summed E-state index contributed by atoms with van der Waals surface area (Å²) in [5.74, 6) is -0.00527. The molecule has 1 N–H and O–H groups in total. The van der Waals surface area contributed by atoms with Crippen LogP contribution in [0.5, 0.6) is 0 Å². The molecule has 2 aliphatic heterocycles. The number of halogens is 1. The highest BCUT2D eigenvalue weighted by molar-refractivity contribution is 5.88. The molecule has 3 heterocycles. The molecule has 0 spiro atoms. The molecule has 2 amide bonds. The lowest BCUT2D eigenvalue weighted by Gasteiger charge is -2.28. The predicted octanol–water partition coefficient (Wildman–Crippen LogP) is 2.31. The van der Waals surface area contributed by atoms with Gasteiger partial charge in [0.2, 0.25) is 0 Å². The molecule has 1 unspecified atom stereocenters. The zero-order valence-corrected chi connectivity index (χ0v) is 12.1. The Bertz CT molecular complexity index is 487. The standard InChI is InChI=1S/C15H21FN4O/c16-12-5-6-14(17-10-12)18-15(21)20-9-3-4-13(20)11-19-7-1-2-8-19/h5-6,10,13H,1-4,7-9,11H2,(H,17,18,21). The second-order valence-corrected chi connectivity index (χ2v) is 5.79. The molecule has 1 aromatic heterocycles. The Kier molecular flexibility index (Phi) is 4.34. The number of amides is 2. The van der Waals surface area contributed by atoms with Crippen molar-refractivity contribution in [1.82, 2.24) is 14.8 Å². The smallest absolute Gasteiger partial charge is 0.320 e. The largest absolute Gasteiger partial charge is 0.323 e. The van der Waals surface area contributed by atoms with Gasteiger partial charge in [-0.2, -0.15) is 0 Å². The zero-order chi connectivity index (χ0) is 14.7. The van der Waals surface area contributed by atoms with Crippen LogP contribution in [0.25, 0.3) is 0 Å². The van der Waals surface area contributed by atoms with E-state index < -0.39 is 5.82 Å². The Labute approximate surface area is 124 Å². The minimum Gasteiger partial charge on any atom is -0.320 e. The highest BCUT2D eigenvalue weighted by Gasteiger charge is 2.30. The lowest BCUT2D eigenvalue weighted by Crippen LogP contribution is -2.44. The number of nitrogens with zero attached hydrogens (tertiary/aromatic N) is 3. The second kappa shape index (κ2) is 6.39. The number of hydrogen-bond donors (Lipinski definition) is 1. The number of rotatable bonds is 3. The molecular formula is C15H21FN4O. The van der Waals surface area contributed by atoms with Gasteiger partial charge >= 0.3 is 6.03 Å². The number of anilines is 1. The molecule has 1 atom stereocenters. The van der Waals surface area contributed by atoms with E-state index in [1.807, 2.05) is 4.90 Å². The van der Waals surface area contributed by atoms with Crippen molar-refractivity contribution in [1.29, 1.82) is 0 Å². The first-order valence-electron chi connectivity index (χ1n) is 7.64. The fourth-order valence-corrected chi connectivity index (χ4v) is 3.19. The topological polar surface area (TPSA) is 48.5 Å². The van der Waals surface area contributed by atoms with E-state index in [-0.39, 0.29) is 12.1 Å². The summed E-state index contributed by atoms with van der Waals surface area (Å²) in [4.78, 5) is 20.5. The molecule has 2 fully saturated rings. The minimum absolute atomic E-state index is 0.129. The molecule has 1 aromatic rings. The van der Waals surface area contributed by atoms with Crippen LogP contribution in [0.2, 0.25) is 0 Å². The highest BCUT2D eigenvalue weighted by atomic mass is 19.1. The van der Waals surface area contributed by atoms with E-state index in [0.29, 0.717) is 5.82 Å². The normalized spacial score (nSPS) is 22.7. The van der Waals surface area contributed by atoms with Crippen LogP contribution in [0.3, 0.4) is 0 Å². The van der Waals surface area contributed by atoms with Crippen LogP contribution in [0.4, 0.5) is 15.0 Å². The molecule has 2 saturated heterocycles. The van der Waals surface area contributed by atoms with Crippen LogP contribution in [0.1, 0.15) is 25.7 Å². The average Bonchev–Trinajstić information content (AvgIpc) is 3.13. The third-order valence-corrected chi connectivity index (χ3v) is 4.27. The maximum absolute atomic E-state index is 12.8. The van der Waals surface area contributed by atoms with Crippen LogP contribution < -0.4 is 5.32 Å². The van der Waals surface area contributed by atoms with Crippen LogP contribution >= 0.6 is 0 Å². The number of carbonyl (C=O) groups is 1. The first-order chi connectivity index (χ1) is 10.2. The van der Waals surface area contributed by atoms with Gasteiger partial charge < -0.3 is 9.80 Å². The number of hydrogen-bond acceptors (Lipinski definition) is 3. The van der Waals surface area contributed by atoms with Gasteiger partial charge in [0.25, 0.3) is 0 Å². The van der Waals surface area contributed by atoms with Gasteiger partial charge in [-0.3, -0.25) is 5.32 Å². The molecule has 114 valence electrons. The quantitative estimate of drug-likeness (QED) is 0.930. The number of urea groups is 1. The Balaban J connectivity index is 1.58. The summed E-state index contributed by atoms with van der Waals surface area (Å²) in [6, 6.07) is 2.94. The van der Waals surface area contributed by atoms with Gasteiger partial charge in [-0.15, -0.1) is 0 Å². The average molecular weight is 292 g/mol. The zero-order valence-electron chi connectivity index (χ0n) is 12.1. The Morgan fingerprint density at radius 2 is 2.10 bits per heavy atom. The molecule has 0 saturated carbocycles. The minimum atomic E-state index is -0.402. The molecule has 21 heavy (non-hydrogen) atoms. The van der Waals surface area contributed by atoms with Crippen molar-refractivity contribution < 1.29 is 9.18 Å². The van der Waals surface area contributed by atoms with Gasteiger partial charge in [0, 0.05) is 19.1 Å². The summed E-state index contributed by atoms with van der Waals surface area (Å²) < 4.78 is 12.8. The summed E-state index contributed by atoms with van der Waals surface area (Å²) >= 11 is 0. The summed E-state index contributed by atoms with van der Waals surface area (Å²) in [5.41, 5.74) is 0. The van der Waals surface area contributed by atoms with Gasteiger partial charge in [-0.05, 0) is 50.9 Å². The maximum atomic E-state index is 12.8. The van der Waals surface area contributed by atoms with E-state index in [1.165, 1.54) is 25.0 Å². The molecular weight excluding hydrogens is 271 g/mol. The van der Waals surface area contributed by atoms with Crippen molar-refractivity contribution in [2.45, 2.75) is 31.7 Å². The van der Waals surface area contributed by atoms with Crippen LogP contribution in [-0.2, 0) is 0 Å². The Hall–Kier alpha value is -1.69. The van der Waals surface area contributed by atoms with E-state index in [2.05, 4.69) is 15.2 Å². The number of aromatic nitrogens is 1. The first-order valence-corrected chi connectivity index (χ1v) is 7.64. The van der Waals surface area contributed by atoms with Crippen molar-refractivity contribution in [2.75, 3.05) is 31.5 Å². The molecule has 0 radical (unpaired) electrons. The van der Waals surface area contributed by atoms with Gasteiger partial charge in [-0.1, -0.05) is 0 Å². The number of likely N-dealkylation sites (tertiary alicyclic amines) is 2. The van der Waals surface area contributed by atoms with Gasteiger partial charge in [0.1, 0.15) is 11.6 Å². The summed E-state index contributed by atoms with van der Waals surface area (Å²) in [6.07, 6.45) is 5.74. The number of carbonyl (C=O) groups excluding carboxylic acids is 1. The maximum Gasteiger partial charge on any atom is 0.323 e. The molecule has 0 bridgehead atoms. The Morgan fingerprint density at radius 3 is 2.81 bits per heavy atom. The Morgan fingerprint density at radius 1 is 1.29 bits per heavy atom. The van der Waals surface area contributed by atoms with E-state index in [9.17, 15) is 9.18 Å². The summed E-state index contributed by atoms with van der Waals surface area (Å²) in [7, 11) is 0. The fourth-order valence-electron chi connectivity index (χ4n) is 3.19.